The molecule has 0 N–H and O–H groups in total. The van der Waals surface area contributed by atoms with Gasteiger partial charge in [-0.05, 0) is 33.8 Å². The van der Waals surface area contributed by atoms with Crippen molar-refractivity contribution >= 4 is 33.0 Å². The Balaban J connectivity index is 2.43. The number of hydrogen-bond donors (Lipinski definition) is 0. The molecule has 1 aromatic heterocycles. The lowest BCUT2D eigenvalue weighted by Gasteiger charge is -1.96. The number of rotatable bonds is 4. The summed E-state index contributed by atoms with van der Waals surface area (Å²) in [5.74, 6) is 0.343. The topological polar surface area (TPSA) is 17.1 Å². The quantitative estimate of drug-likeness (QED) is 0.796. The van der Waals surface area contributed by atoms with Gasteiger partial charge in [-0.15, -0.1) is 11.3 Å². The molecule has 3 heteroatoms. The molecule has 0 radical (unpaired) electrons. The minimum absolute atomic E-state index is 0.343. The summed E-state index contributed by atoms with van der Waals surface area (Å²) in [5, 5.41) is 2.04. The SMILES string of the molecule is CCC(=O)CCc1sccc1Br. The van der Waals surface area contributed by atoms with Crippen LogP contribution < -0.4 is 0 Å². The van der Waals surface area contributed by atoms with Crippen molar-refractivity contribution in [3.63, 3.8) is 0 Å². The van der Waals surface area contributed by atoms with Crippen LogP contribution in [0.15, 0.2) is 15.9 Å². The predicted octanol–water partition coefficient (Wildman–Crippen LogP) is 3.42. The molecule has 0 saturated carbocycles. The highest BCUT2D eigenvalue weighted by Crippen LogP contribution is 2.23. The Hall–Kier alpha value is -0.150. The summed E-state index contributed by atoms with van der Waals surface area (Å²) >= 11 is 5.14. The summed E-state index contributed by atoms with van der Waals surface area (Å²) in [6.45, 7) is 1.91. The second-order valence-electron chi connectivity index (χ2n) is 2.58. The van der Waals surface area contributed by atoms with Crippen molar-refractivity contribution in [2.24, 2.45) is 0 Å². The third-order valence-corrected chi connectivity index (χ3v) is 3.70. The first kappa shape index (κ1) is 9.93. The first-order valence-electron chi connectivity index (χ1n) is 3.97. The molecule has 0 spiro atoms. The zero-order valence-electron chi connectivity index (χ0n) is 6.97. The van der Waals surface area contributed by atoms with E-state index in [0.29, 0.717) is 18.6 Å². The van der Waals surface area contributed by atoms with E-state index < -0.39 is 0 Å². The Morgan fingerprint density at radius 1 is 1.67 bits per heavy atom. The van der Waals surface area contributed by atoms with Gasteiger partial charge >= 0.3 is 0 Å². The number of thiophene rings is 1. The van der Waals surface area contributed by atoms with E-state index in [0.717, 1.165) is 10.9 Å². The number of carbonyl (C=O) groups excluding carboxylic acids is 1. The highest BCUT2D eigenvalue weighted by molar-refractivity contribution is 9.10. The maximum Gasteiger partial charge on any atom is 0.132 e. The Kier molecular flexibility index (Phi) is 3.95. The maximum atomic E-state index is 11.0. The Bertz CT molecular complexity index is 267. The summed E-state index contributed by atoms with van der Waals surface area (Å²) < 4.78 is 1.14. The van der Waals surface area contributed by atoms with Crippen LogP contribution in [0.3, 0.4) is 0 Å². The van der Waals surface area contributed by atoms with Crippen LogP contribution in [0.1, 0.15) is 24.6 Å². The second-order valence-corrected chi connectivity index (χ2v) is 4.44. The van der Waals surface area contributed by atoms with E-state index in [9.17, 15) is 4.79 Å². The number of halogens is 1. The van der Waals surface area contributed by atoms with Crippen LogP contribution in [0, 0.1) is 0 Å². The highest BCUT2D eigenvalue weighted by Gasteiger charge is 2.03. The van der Waals surface area contributed by atoms with Crippen molar-refractivity contribution in [2.75, 3.05) is 0 Å². The van der Waals surface area contributed by atoms with E-state index in [-0.39, 0.29) is 0 Å². The summed E-state index contributed by atoms with van der Waals surface area (Å²) in [6.07, 6.45) is 2.21. The van der Waals surface area contributed by atoms with Gasteiger partial charge in [0, 0.05) is 22.2 Å². The standard InChI is InChI=1S/C9H11BrOS/c1-2-7(11)3-4-9-8(10)5-6-12-9/h5-6H,2-4H2,1H3. The number of carbonyl (C=O) groups is 1. The fourth-order valence-corrected chi connectivity index (χ4v) is 2.49. The summed E-state index contributed by atoms with van der Waals surface area (Å²) in [4.78, 5) is 12.3. The first-order chi connectivity index (χ1) is 5.74. The minimum Gasteiger partial charge on any atom is -0.300 e. The molecule has 0 bridgehead atoms. The predicted molar refractivity (Wildman–Crippen MR) is 55.6 cm³/mol. The average Bonchev–Trinajstić information content (AvgIpc) is 2.47. The number of aryl methyl sites for hydroxylation is 1. The molecule has 1 heterocycles. The highest BCUT2D eigenvalue weighted by atomic mass is 79.9. The van der Waals surface area contributed by atoms with Crippen molar-refractivity contribution < 1.29 is 4.79 Å². The van der Waals surface area contributed by atoms with Gasteiger partial charge in [-0.1, -0.05) is 6.92 Å². The molecule has 0 fully saturated rings. The molecule has 0 saturated heterocycles. The molecule has 0 unspecified atom stereocenters. The molecular formula is C9H11BrOS. The number of ketones is 1. The van der Waals surface area contributed by atoms with Crippen molar-refractivity contribution in [3.05, 3.63) is 20.8 Å². The lowest BCUT2D eigenvalue weighted by molar-refractivity contribution is -0.118. The Morgan fingerprint density at radius 2 is 2.42 bits per heavy atom. The lowest BCUT2D eigenvalue weighted by Crippen LogP contribution is -1.96. The minimum atomic E-state index is 0.343. The molecule has 0 atom stereocenters. The lowest BCUT2D eigenvalue weighted by atomic mass is 10.1. The summed E-state index contributed by atoms with van der Waals surface area (Å²) in [7, 11) is 0. The molecule has 1 aromatic rings. The zero-order chi connectivity index (χ0) is 8.97. The number of hydrogen-bond acceptors (Lipinski definition) is 2. The van der Waals surface area contributed by atoms with Crippen LogP contribution >= 0.6 is 27.3 Å². The molecular weight excluding hydrogens is 236 g/mol. The molecule has 0 aliphatic carbocycles. The van der Waals surface area contributed by atoms with Crippen LogP contribution in [-0.4, -0.2) is 5.78 Å². The van der Waals surface area contributed by atoms with Gasteiger partial charge in [-0.3, -0.25) is 4.79 Å². The molecule has 0 amide bonds. The van der Waals surface area contributed by atoms with Crippen LogP contribution in [-0.2, 0) is 11.2 Å². The van der Waals surface area contributed by atoms with Crippen molar-refractivity contribution in [2.45, 2.75) is 26.2 Å². The van der Waals surface area contributed by atoms with Crippen LogP contribution in [0.5, 0.6) is 0 Å². The second kappa shape index (κ2) is 4.77. The van der Waals surface area contributed by atoms with E-state index in [2.05, 4.69) is 15.9 Å². The van der Waals surface area contributed by atoms with E-state index in [1.165, 1.54) is 4.88 Å². The monoisotopic (exact) mass is 246 g/mol. The normalized spacial score (nSPS) is 10.2. The summed E-state index contributed by atoms with van der Waals surface area (Å²) in [6, 6.07) is 2.02. The fraction of sp³-hybridized carbons (Fsp3) is 0.444. The van der Waals surface area contributed by atoms with E-state index in [4.69, 9.17) is 0 Å². The molecule has 66 valence electrons. The Labute approximate surface area is 84.9 Å². The van der Waals surface area contributed by atoms with E-state index in [1.807, 2.05) is 18.4 Å². The number of Topliss-reactive ketones (excluding diaryl/α,β-unsaturated/α-hetero) is 1. The van der Waals surface area contributed by atoms with Gasteiger partial charge in [0.2, 0.25) is 0 Å². The van der Waals surface area contributed by atoms with E-state index in [1.54, 1.807) is 11.3 Å². The third kappa shape index (κ3) is 2.72. The fourth-order valence-electron chi connectivity index (χ4n) is 0.933. The van der Waals surface area contributed by atoms with Crippen molar-refractivity contribution in [3.8, 4) is 0 Å². The smallest absolute Gasteiger partial charge is 0.132 e. The van der Waals surface area contributed by atoms with Crippen molar-refractivity contribution in [1.29, 1.82) is 0 Å². The molecule has 0 aliphatic heterocycles. The molecule has 12 heavy (non-hydrogen) atoms. The maximum absolute atomic E-state index is 11.0. The van der Waals surface area contributed by atoms with Gasteiger partial charge in [0.1, 0.15) is 5.78 Å². The van der Waals surface area contributed by atoms with Gasteiger partial charge in [-0.25, -0.2) is 0 Å². The van der Waals surface area contributed by atoms with Crippen LogP contribution in [0.2, 0.25) is 0 Å². The van der Waals surface area contributed by atoms with Gasteiger partial charge in [-0.2, -0.15) is 0 Å². The van der Waals surface area contributed by atoms with Gasteiger partial charge in [0.15, 0.2) is 0 Å². The van der Waals surface area contributed by atoms with Gasteiger partial charge < -0.3 is 0 Å². The van der Waals surface area contributed by atoms with Gasteiger partial charge in [0.25, 0.3) is 0 Å². The molecule has 0 aromatic carbocycles. The van der Waals surface area contributed by atoms with Crippen molar-refractivity contribution in [1.82, 2.24) is 0 Å². The molecule has 1 rings (SSSR count). The third-order valence-electron chi connectivity index (χ3n) is 1.72. The largest absolute Gasteiger partial charge is 0.300 e. The van der Waals surface area contributed by atoms with Crippen LogP contribution in [0.4, 0.5) is 0 Å². The van der Waals surface area contributed by atoms with Gasteiger partial charge in [0.05, 0.1) is 0 Å². The molecule has 1 nitrogen and oxygen atoms in total. The first-order valence-corrected chi connectivity index (χ1v) is 5.65. The average molecular weight is 247 g/mol. The summed E-state index contributed by atoms with van der Waals surface area (Å²) in [5.41, 5.74) is 0. The van der Waals surface area contributed by atoms with E-state index >= 15 is 0 Å². The Morgan fingerprint density at radius 3 is 2.92 bits per heavy atom. The zero-order valence-corrected chi connectivity index (χ0v) is 9.37. The molecule has 0 aliphatic rings. The van der Waals surface area contributed by atoms with Crippen LogP contribution in [0.25, 0.3) is 0 Å².